The minimum Gasteiger partial charge on any atom is -0.0622 e. The summed E-state index contributed by atoms with van der Waals surface area (Å²) in [5, 5.41) is 2.49. The molecule has 0 N–H and O–H groups in total. The Balaban J connectivity index is 1.16. The molecule has 9 aromatic carbocycles. The lowest BCUT2D eigenvalue weighted by Gasteiger charge is -2.34. The molecule has 0 saturated carbocycles. The molecule has 0 nitrogen and oxygen atoms in total. The van der Waals surface area contributed by atoms with E-state index in [0.29, 0.717) is 0 Å². The van der Waals surface area contributed by atoms with Crippen LogP contribution in [-0.2, 0) is 5.41 Å². The van der Waals surface area contributed by atoms with E-state index in [4.69, 9.17) is 0 Å². The summed E-state index contributed by atoms with van der Waals surface area (Å²) in [7, 11) is 0. The van der Waals surface area contributed by atoms with Crippen molar-refractivity contribution in [2.24, 2.45) is 0 Å². The largest absolute Gasteiger partial charge is 0.0713 e. The minimum atomic E-state index is -0.417. The molecule has 0 aliphatic heterocycles. The molecule has 0 saturated heterocycles. The van der Waals surface area contributed by atoms with Crippen LogP contribution in [0.1, 0.15) is 44.9 Å². The molecule has 54 heavy (non-hydrogen) atoms. The van der Waals surface area contributed by atoms with Crippen molar-refractivity contribution in [3.05, 3.63) is 263 Å². The van der Waals surface area contributed by atoms with Gasteiger partial charge in [-0.05, 0) is 95.2 Å². The molecule has 0 spiro atoms. The molecule has 0 bridgehead atoms. The maximum atomic E-state index is 2.49. The first-order valence-corrected chi connectivity index (χ1v) is 18.9. The molecule has 1 unspecified atom stereocenters. The van der Waals surface area contributed by atoms with E-state index in [-0.39, 0.29) is 5.92 Å². The molecular formula is C54H38. The highest BCUT2D eigenvalue weighted by Crippen LogP contribution is 2.56. The fourth-order valence-electron chi connectivity index (χ4n) is 8.98. The smallest absolute Gasteiger partial charge is 0.0622 e. The highest BCUT2D eigenvalue weighted by molar-refractivity contribution is 5.89. The molecule has 0 amide bonds. The fraction of sp³-hybridized carbons (Fsp3) is 0.0370. The van der Waals surface area contributed by atoms with Crippen LogP contribution in [0.2, 0.25) is 0 Å². The summed E-state index contributed by atoms with van der Waals surface area (Å²) in [6.07, 6.45) is 0. The first-order chi connectivity index (χ1) is 26.8. The van der Waals surface area contributed by atoms with E-state index in [0.717, 1.165) is 0 Å². The predicted molar refractivity (Wildman–Crippen MR) is 226 cm³/mol. The van der Waals surface area contributed by atoms with Gasteiger partial charge >= 0.3 is 0 Å². The zero-order chi connectivity index (χ0) is 35.9. The van der Waals surface area contributed by atoms with Crippen LogP contribution in [0.5, 0.6) is 0 Å². The van der Waals surface area contributed by atoms with Crippen molar-refractivity contribution >= 4 is 10.8 Å². The van der Waals surface area contributed by atoms with Gasteiger partial charge in [-0.1, -0.05) is 212 Å². The summed E-state index contributed by atoms with van der Waals surface area (Å²) < 4.78 is 0. The molecular weight excluding hydrogens is 649 g/mol. The molecule has 9 aromatic rings. The zero-order valence-corrected chi connectivity index (χ0v) is 29.9. The highest BCUT2D eigenvalue weighted by atomic mass is 14.5. The van der Waals surface area contributed by atoms with Crippen molar-refractivity contribution in [3.63, 3.8) is 0 Å². The van der Waals surface area contributed by atoms with Crippen LogP contribution in [0.25, 0.3) is 44.2 Å². The summed E-state index contributed by atoms with van der Waals surface area (Å²) >= 11 is 0. The van der Waals surface area contributed by atoms with Crippen LogP contribution in [0.4, 0.5) is 0 Å². The molecule has 0 radical (unpaired) electrons. The Kier molecular flexibility index (Phi) is 7.89. The number of rotatable bonds is 7. The van der Waals surface area contributed by atoms with E-state index in [9.17, 15) is 0 Å². The lowest BCUT2D eigenvalue weighted by molar-refractivity contribution is 0.767. The summed E-state index contributed by atoms with van der Waals surface area (Å²) in [5.41, 5.74) is 16.2. The van der Waals surface area contributed by atoms with Gasteiger partial charge in [-0.2, -0.15) is 0 Å². The van der Waals surface area contributed by atoms with E-state index in [1.165, 1.54) is 83.1 Å². The Hall–Kier alpha value is -6.76. The fourth-order valence-corrected chi connectivity index (χ4v) is 8.98. The number of hydrogen-bond acceptors (Lipinski definition) is 0. The predicted octanol–water partition coefficient (Wildman–Crippen LogP) is 13.7. The van der Waals surface area contributed by atoms with Gasteiger partial charge in [-0.25, -0.2) is 0 Å². The molecule has 0 heterocycles. The second-order valence-electron chi connectivity index (χ2n) is 14.4. The second kappa shape index (κ2) is 13.3. The van der Waals surface area contributed by atoms with Crippen molar-refractivity contribution in [2.45, 2.75) is 11.3 Å². The number of fused-ring (bicyclic) bond motifs is 4. The Morgan fingerprint density at radius 3 is 1.39 bits per heavy atom. The van der Waals surface area contributed by atoms with Crippen LogP contribution in [0.15, 0.2) is 224 Å². The monoisotopic (exact) mass is 686 g/mol. The van der Waals surface area contributed by atoms with Crippen molar-refractivity contribution in [3.8, 4) is 33.4 Å². The Morgan fingerprint density at radius 1 is 0.278 bits per heavy atom. The van der Waals surface area contributed by atoms with Crippen LogP contribution in [0, 0.1) is 0 Å². The van der Waals surface area contributed by atoms with Gasteiger partial charge in [0.15, 0.2) is 0 Å². The average molecular weight is 687 g/mol. The third-order valence-corrected chi connectivity index (χ3v) is 11.5. The van der Waals surface area contributed by atoms with E-state index >= 15 is 0 Å². The summed E-state index contributed by atoms with van der Waals surface area (Å²) in [5.74, 6) is 0.0361. The molecule has 0 fully saturated rings. The summed E-state index contributed by atoms with van der Waals surface area (Å²) in [6.45, 7) is 0. The third-order valence-electron chi connectivity index (χ3n) is 11.5. The van der Waals surface area contributed by atoms with Gasteiger partial charge in [0.25, 0.3) is 0 Å². The van der Waals surface area contributed by atoms with Gasteiger partial charge in [0, 0.05) is 5.92 Å². The van der Waals surface area contributed by atoms with Crippen LogP contribution in [0.3, 0.4) is 0 Å². The summed E-state index contributed by atoms with van der Waals surface area (Å²) in [6, 6.07) is 82.9. The Labute approximate surface area is 317 Å². The maximum absolute atomic E-state index is 2.49. The van der Waals surface area contributed by atoms with E-state index < -0.39 is 5.41 Å². The lowest BCUT2D eigenvalue weighted by Crippen LogP contribution is -2.28. The first-order valence-electron chi connectivity index (χ1n) is 18.9. The molecule has 1 aliphatic carbocycles. The van der Waals surface area contributed by atoms with Crippen molar-refractivity contribution in [1.82, 2.24) is 0 Å². The Morgan fingerprint density at radius 2 is 0.722 bits per heavy atom. The standard InChI is InChI=1S/C54H38/c1-5-15-38(16-6-1)40-25-27-41(28-26-40)53(45-32-31-43-35-42(29-30-44(43)36-45)39-17-7-2-8-18-39)46-33-34-52-50(37-46)49-23-13-14-24-51(49)54(52,47-19-9-3-10-20-47)48-21-11-4-12-22-48/h1-37,53H. The van der Waals surface area contributed by atoms with Gasteiger partial charge in [0.1, 0.15) is 0 Å². The van der Waals surface area contributed by atoms with E-state index in [2.05, 4.69) is 224 Å². The Bertz CT molecular complexity index is 2690. The summed E-state index contributed by atoms with van der Waals surface area (Å²) in [4.78, 5) is 0. The van der Waals surface area contributed by atoms with Gasteiger partial charge in [0.05, 0.1) is 5.41 Å². The molecule has 254 valence electrons. The van der Waals surface area contributed by atoms with Crippen molar-refractivity contribution in [1.29, 1.82) is 0 Å². The van der Waals surface area contributed by atoms with Gasteiger partial charge in [-0.15, -0.1) is 0 Å². The highest BCUT2D eigenvalue weighted by Gasteiger charge is 2.46. The van der Waals surface area contributed by atoms with Crippen LogP contribution in [-0.4, -0.2) is 0 Å². The van der Waals surface area contributed by atoms with E-state index in [1.54, 1.807) is 0 Å². The molecule has 10 rings (SSSR count). The first kappa shape index (κ1) is 31.9. The van der Waals surface area contributed by atoms with Crippen molar-refractivity contribution in [2.75, 3.05) is 0 Å². The quantitative estimate of drug-likeness (QED) is 0.146. The number of hydrogen-bond donors (Lipinski definition) is 0. The normalized spacial score (nSPS) is 13.3. The average Bonchev–Trinajstić information content (AvgIpc) is 3.55. The molecule has 0 aromatic heterocycles. The third kappa shape index (κ3) is 5.30. The SMILES string of the molecule is c1ccc(-c2ccc(C(c3ccc4c(c3)-c3ccccc3C4(c3ccccc3)c3ccccc3)c3ccc4cc(-c5ccccc5)ccc4c3)cc2)cc1. The molecule has 1 aliphatic rings. The van der Waals surface area contributed by atoms with Gasteiger partial charge in [-0.3, -0.25) is 0 Å². The van der Waals surface area contributed by atoms with Gasteiger partial charge < -0.3 is 0 Å². The lowest BCUT2D eigenvalue weighted by atomic mass is 9.67. The second-order valence-corrected chi connectivity index (χ2v) is 14.4. The topological polar surface area (TPSA) is 0 Å². The van der Waals surface area contributed by atoms with Crippen molar-refractivity contribution < 1.29 is 0 Å². The van der Waals surface area contributed by atoms with E-state index in [1.807, 2.05) is 0 Å². The number of benzene rings is 9. The van der Waals surface area contributed by atoms with Crippen LogP contribution < -0.4 is 0 Å². The molecule has 1 atom stereocenters. The van der Waals surface area contributed by atoms with Gasteiger partial charge in [0.2, 0.25) is 0 Å². The zero-order valence-electron chi connectivity index (χ0n) is 29.9. The molecule has 0 heteroatoms. The maximum Gasteiger partial charge on any atom is 0.0713 e. The minimum absolute atomic E-state index is 0.0361. The van der Waals surface area contributed by atoms with Crippen LogP contribution >= 0.6 is 0 Å².